The molecule has 62 heavy (non-hydrogen) atoms. The number of carbonyl (C=O) groups excluding carboxylic acids is 4. The number of ether oxygens (including phenoxy) is 2. The van der Waals surface area contributed by atoms with Crippen LogP contribution >= 0.6 is 0 Å². The number of likely N-dealkylation sites (tertiary alicyclic amines) is 2. The van der Waals surface area contributed by atoms with Crippen LogP contribution in [0.3, 0.4) is 0 Å². The second-order valence-electron chi connectivity index (χ2n) is 15.3. The van der Waals surface area contributed by atoms with E-state index in [9.17, 15) is 19.2 Å². The van der Waals surface area contributed by atoms with Gasteiger partial charge in [0.1, 0.15) is 23.7 Å². The van der Waals surface area contributed by atoms with Gasteiger partial charge in [-0.05, 0) is 72.7 Å². The first-order chi connectivity index (χ1) is 30.3. The molecule has 5 heterocycles. The first-order valence-corrected chi connectivity index (χ1v) is 20.5. The van der Waals surface area contributed by atoms with Crippen molar-refractivity contribution in [3.05, 3.63) is 132 Å². The number of aromatic amines is 2. The predicted octanol–water partition coefficient (Wildman–Crippen LogP) is 7.08. The topological polar surface area (TPSA) is 200 Å². The van der Waals surface area contributed by atoms with Crippen LogP contribution in [0.25, 0.3) is 44.6 Å². The van der Waals surface area contributed by atoms with E-state index in [0.29, 0.717) is 41.7 Å². The summed E-state index contributed by atoms with van der Waals surface area (Å²) in [4.78, 5) is 82.2. The van der Waals surface area contributed by atoms with Crippen molar-refractivity contribution in [3.8, 4) is 22.5 Å². The van der Waals surface area contributed by atoms with E-state index in [1.54, 1.807) is 22.2 Å². The predicted molar refractivity (Wildman–Crippen MR) is 229 cm³/mol. The van der Waals surface area contributed by atoms with Crippen LogP contribution in [0.15, 0.2) is 109 Å². The number of nitrogens with zero attached hydrogens (tertiary/aromatic N) is 6. The van der Waals surface area contributed by atoms with E-state index in [4.69, 9.17) is 29.4 Å². The van der Waals surface area contributed by atoms with E-state index in [-0.39, 0.29) is 23.9 Å². The Morgan fingerprint density at radius 1 is 0.613 bits per heavy atom. The smallest absolute Gasteiger partial charge is 0.407 e. The molecule has 16 nitrogen and oxygen atoms in total. The number of imidazole rings is 2. The Hall–Kier alpha value is -7.62. The van der Waals surface area contributed by atoms with E-state index in [1.807, 2.05) is 97.1 Å². The molecule has 2 aliphatic rings. The molecule has 0 saturated carbocycles. The molecule has 16 heteroatoms. The second-order valence-corrected chi connectivity index (χ2v) is 15.3. The molecule has 4 amide bonds. The average molecular weight is 833 g/mol. The molecular weight excluding hydrogens is 789 g/mol. The van der Waals surface area contributed by atoms with Gasteiger partial charge in [-0.1, -0.05) is 66.7 Å². The molecule has 0 unspecified atom stereocenters. The summed E-state index contributed by atoms with van der Waals surface area (Å²) >= 11 is 0. The van der Waals surface area contributed by atoms with Gasteiger partial charge in [0, 0.05) is 36.6 Å². The Morgan fingerprint density at radius 2 is 1.13 bits per heavy atom. The van der Waals surface area contributed by atoms with Crippen LogP contribution in [0.1, 0.15) is 72.6 Å². The number of methoxy groups -OCH3 is 2. The Bertz CT molecular complexity index is 2570. The zero-order valence-corrected chi connectivity index (χ0v) is 34.1. The fourth-order valence-electron chi connectivity index (χ4n) is 8.50. The van der Waals surface area contributed by atoms with Gasteiger partial charge in [-0.2, -0.15) is 0 Å². The number of carbonyl (C=O) groups is 4. The van der Waals surface area contributed by atoms with Gasteiger partial charge in [-0.15, -0.1) is 0 Å². The van der Waals surface area contributed by atoms with Crippen LogP contribution in [0.5, 0.6) is 0 Å². The summed E-state index contributed by atoms with van der Waals surface area (Å²) in [5.74, 6) is 1.41. The van der Waals surface area contributed by atoms with Crippen LogP contribution in [0.4, 0.5) is 9.59 Å². The minimum atomic E-state index is -0.905. The fraction of sp³-hybridized carbons (Fsp3) is 0.261. The molecule has 7 aromatic rings. The molecule has 2 fully saturated rings. The maximum Gasteiger partial charge on any atom is 0.407 e. The van der Waals surface area contributed by atoms with E-state index in [1.165, 1.54) is 14.2 Å². The normalized spacial score (nSPS) is 17.2. The van der Waals surface area contributed by atoms with Gasteiger partial charge in [-0.25, -0.2) is 29.5 Å². The summed E-state index contributed by atoms with van der Waals surface area (Å²) in [5, 5.41) is 5.42. The quantitative estimate of drug-likeness (QED) is 0.110. The molecule has 0 aliphatic carbocycles. The van der Waals surface area contributed by atoms with Crippen molar-refractivity contribution in [1.82, 2.24) is 50.3 Å². The SMILES string of the molecule is COC(=O)N[C@@H](C(=O)N1CCC[C@H]1c1nc2cc(-c3ncc(-c4ccc5nc([C@@H]6CCCN6C(=O)[C@H](NC(=O)OC)c6ccccc6)[nH]c5c4)cn3)ccc2[nH]1)c1ccccc1. The van der Waals surface area contributed by atoms with E-state index >= 15 is 0 Å². The lowest BCUT2D eigenvalue weighted by molar-refractivity contribution is -0.135. The Kier molecular flexibility index (Phi) is 11.0. The third kappa shape index (κ3) is 7.89. The molecule has 4 aromatic carbocycles. The van der Waals surface area contributed by atoms with E-state index in [2.05, 4.69) is 20.6 Å². The lowest BCUT2D eigenvalue weighted by Crippen LogP contribution is -2.42. The van der Waals surface area contributed by atoms with Crippen molar-refractivity contribution in [3.63, 3.8) is 0 Å². The highest BCUT2D eigenvalue weighted by Gasteiger charge is 2.38. The molecule has 3 aromatic heterocycles. The number of nitrogens with one attached hydrogen (secondary N) is 4. The third-order valence-electron chi connectivity index (χ3n) is 11.6. The number of H-pyrrole nitrogens is 2. The third-order valence-corrected chi connectivity index (χ3v) is 11.6. The molecular formula is C46H44N10O6. The van der Waals surface area contributed by atoms with E-state index < -0.39 is 24.3 Å². The second kappa shape index (κ2) is 17.2. The highest BCUT2D eigenvalue weighted by molar-refractivity contribution is 5.89. The number of alkyl carbamates (subject to hydrolysis) is 2. The van der Waals surface area contributed by atoms with Gasteiger partial charge >= 0.3 is 12.2 Å². The number of fused-ring (bicyclic) bond motifs is 2. The van der Waals surface area contributed by atoms with Crippen LogP contribution in [-0.4, -0.2) is 91.0 Å². The van der Waals surface area contributed by atoms with Crippen molar-refractivity contribution < 1.29 is 28.7 Å². The van der Waals surface area contributed by atoms with Gasteiger partial charge in [0.2, 0.25) is 0 Å². The molecule has 9 rings (SSSR count). The van der Waals surface area contributed by atoms with Crippen molar-refractivity contribution >= 4 is 46.1 Å². The summed E-state index contributed by atoms with van der Waals surface area (Å²) in [5.41, 5.74) is 6.93. The minimum Gasteiger partial charge on any atom is -0.453 e. The summed E-state index contributed by atoms with van der Waals surface area (Å²) in [6.07, 6.45) is 5.23. The van der Waals surface area contributed by atoms with Gasteiger partial charge < -0.3 is 39.9 Å². The number of aromatic nitrogens is 6. The molecule has 0 radical (unpaired) electrons. The fourth-order valence-corrected chi connectivity index (χ4v) is 8.50. The van der Waals surface area contributed by atoms with E-state index in [0.717, 1.165) is 64.4 Å². The number of rotatable bonds is 10. The molecule has 4 atom stereocenters. The van der Waals surface area contributed by atoms with Crippen LogP contribution in [0.2, 0.25) is 0 Å². The van der Waals surface area contributed by atoms with Crippen LogP contribution in [-0.2, 0) is 19.1 Å². The standard InChI is InChI=1S/C46H44N10O6/c1-61-45(59)53-38(27-11-5-3-6-12-27)43(57)55-21-9-15-36(55)41-49-32-19-17-29(23-34(32)51-41)31-25-47-40(48-26-31)30-18-20-33-35(24-30)52-42(50-33)37-16-10-22-56(37)44(58)39(54-46(60)62-2)28-13-7-4-8-14-28/h3-8,11-14,17-20,23-26,36-39H,9-10,15-16,21-22H2,1-2H3,(H,49,51)(H,50,52)(H,53,59)(H,54,60)/t36-,37-,38+,39+/m0/s1. The molecule has 314 valence electrons. The van der Waals surface area contributed by atoms with Gasteiger partial charge in [0.25, 0.3) is 11.8 Å². The van der Waals surface area contributed by atoms with Crippen molar-refractivity contribution in [1.29, 1.82) is 0 Å². The highest BCUT2D eigenvalue weighted by Crippen LogP contribution is 2.36. The lowest BCUT2D eigenvalue weighted by atomic mass is 10.1. The summed E-state index contributed by atoms with van der Waals surface area (Å²) in [6.45, 7) is 1.06. The van der Waals surface area contributed by atoms with Gasteiger partial charge in [-0.3, -0.25) is 9.59 Å². The van der Waals surface area contributed by atoms with Crippen LogP contribution in [0, 0.1) is 0 Å². The molecule has 2 saturated heterocycles. The maximum atomic E-state index is 14.0. The molecule has 0 bridgehead atoms. The molecule has 2 aliphatic heterocycles. The number of hydrogen-bond acceptors (Lipinski definition) is 10. The Morgan fingerprint density at radius 3 is 1.68 bits per heavy atom. The van der Waals surface area contributed by atoms with Gasteiger partial charge in [0.15, 0.2) is 5.82 Å². The minimum absolute atomic E-state index is 0.231. The zero-order valence-electron chi connectivity index (χ0n) is 34.1. The largest absolute Gasteiger partial charge is 0.453 e. The monoisotopic (exact) mass is 832 g/mol. The Balaban J connectivity index is 0.910. The number of amides is 4. The molecule has 0 spiro atoms. The van der Waals surface area contributed by atoms with Gasteiger partial charge in [0.05, 0.1) is 48.4 Å². The van der Waals surface area contributed by atoms with Crippen LogP contribution < -0.4 is 10.6 Å². The van der Waals surface area contributed by atoms with Crippen molar-refractivity contribution in [2.24, 2.45) is 0 Å². The highest BCUT2D eigenvalue weighted by atomic mass is 16.5. The first-order valence-electron chi connectivity index (χ1n) is 20.5. The molecule has 4 N–H and O–H groups in total. The maximum absolute atomic E-state index is 14.0. The zero-order chi connectivity index (χ0) is 42.7. The lowest BCUT2D eigenvalue weighted by Gasteiger charge is -2.28. The van der Waals surface area contributed by atoms with Crippen molar-refractivity contribution in [2.75, 3.05) is 27.3 Å². The summed E-state index contributed by atoms with van der Waals surface area (Å²) in [6, 6.07) is 27.6. The Labute approximate surface area is 356 Å². The number of benzene rings is 4. The average Bonchev–Trinajstić information content (AvgIpc) is 4.16. The number of hydrogen-bond donors (Lipinski definition) is 4. The summed E-state index contributed by atoms with van der Waals surface area (Å²) in [7, 11) is 2.55. The van der Waals surface area contributed by atoms with Crippen molar-refractivity contribution in [2.45, 2.75) is 49.9 Å². The summed E-state index contributed by atoms with van der Waals surface area (Å²) < 4.78 is 9.67. The first kappa shape index (κ1) is 39.8.